The number of hydrogen-bond acceptors (Lipinski definition) is 9. The van der Waals surface area contributed by atoms with E-state index in [1.54, 1.807) is 33.1 Å². The van der Waals surface area contributed by atoms with Crippen LogP contribution in [0.5, 0.6) is 0 Å². The molecule has 1 aromatic rings. The molecule has 9 atom stereocenters. The van der Waals surface area contributed by atoms with Crippen LogP contribution in [0.2, 0.25) is 18.6 Å². The highest BCUT2D eigenvalue weighted by atomic mass is 28.4. The molecule has 11 nitrogen and oxygen atoms in total. The van der Waals surface area contributed by atoms with Crippen LogP contribution in [0.15, 0.2) is 18.2 Å². The molecule has 3 aliphatic rings. The zero-order chi connectivity index (χ0) is 26.7. The Kier molecular flexibility index (Phi) is 7.07. The maximum atomic E-state index is 15.4. The summed E-state index contributed by atoms with van der Waals surface area (Å²) in [5.74, 6) is -1.82. The number of anilines is 2. The van der Waals surface area contributed by atoms with Gasteiger partial charge in [-0.1, -0.05) is 6.92 Å². The minimum Gasteiger partial charge on any atom is -0.396 e. The number of benzene rings is 1. The van der Waals surface area contributed by atoms with E-state index in [1.807, 2.05) is 0 Å². The monoisotopic (exact) mass is 528 g/mol. The zero-order valence-electron chi connectivity index (χ0n) is 20.5. The summed E-state index contributed by atoms with van der Waals surface area (Å²) in [4.78, 5) is 27.8. The van der Waals surface area contributed by atoms with Crippen molar-refractivity contribution in [2.75, 3.05) is 23.9 Å². The molecule has 3 heterocycles. The third-order valence-electron chi connectivity index (χ3n) is 7.62. The van der Waals surface area contributed by atoms with E-state index in [-0.39, 0.29) is 24.6 Å². The van der Waals surface area contributed by atoms with Crippen LogP contribution in [0.25, 0.3) is 0 Å². The number of halogens is 1. The maximum Gasteiger partial charge on any atom is 0.264 e. The Morgan fingerprint density at radius 1 is 1.19 bits per heavy atom. The Labute approximate surface area is 208 Å². The fraction of sp³-hybridized carbons (Fsp3) is 0.652. The molecule has 2 fully saturated rings. The minimum absolute atomic E-state index is 0.174. The molecule has 0 bridgehead atoms. The predicted molar refractivity (Wildman–Crippen MR) is 127 cm³/mol. The first-order valence-corrected chi connectivity index (χ1v) is 14.8. The van der Waals surface area contributed by atoms with Crippen molar-refractivity contribution >= 4 is 31.6 Å². The molecule has 0 saturated carbocycles. The van der Waals surface area contributed by atoms with Gasteiger partial charge in [-0.2, -0.15) is 0 Å². The van der Waals surface area contributed by atoms with Gasteiger partial charge in [-0.05, 0) is 37.7 Å². The van der Waals surface area contributed by atoms with Gasteiger partial charge in [0.05, 0.1) is 11.8 Å². The first-order chi connectivity index (χ1) is 16.7. The lowest BCUT2D eigenvalue weighted by Gasteiger charge is -2.37. The van der Waals surface area contributed by atoms with Crippen molar-refractivity contribution in [2.45, 2.75) is 74.4 Å². The summed E-state index contributed by atoms with van der Waals surface area (Å²) in [6.07, 6.45) is -9.44. The predicted octanol–water partition coefficient (Wildman–Crippen LogP) is -0.441. The zero-order valence-corrected chi connectivity index (χ0v) is 21.5. The fourth-order valence-electron chi connectivity index (χ4n) is 5.92. The van der Waals surface area contributed by atoms with E-state index in [9.17, 15) is 35.1 Å². The molecule has 36 heavy (non-hydrogen) atoms. The lowest BCUT2D eigenvalue weighted by atomic mass is 9.82. The number of carbonyl (C=O) groups excluding carboxylic acids is 2. The first-order valence-electron chi connectivity index (χ1n) is 11.8. The van der Waals surface area contributed by atoms with Crippen LogP contribution in [0.3, 0.4) is 0 Å². The average molecular weight is 529 g/mol. The maximum absolute atomic E-state index is 15.4. The molecule has 13 heteroatoms. The Morgan fingerprint density at radius 3 is 2.47 bits per heavy atom. The van der Waals surface area contributed by atoms with Gasteiger partial charge in [-0.15, -0.1) is 0 Å². The van der Waals surface area contributed by atoms with Gasteiger partial charge < -0.3 is 49.3 Å². The highest BCUT2D eigenvalue weighted by Gasteiger charge is 2.66. The van der Waals surface area contributed by atoms with E-state index in [0.717, 1.165) is 0 Å². The van der Waals surface area contributed by atoms with Crippen molar-refractivity contribution in [1.29, 1.82) is 0 Å². The molecule has 0 aromatic heterocycles. The summed E-state index contributed by atoms with van der Waals surface area (Å²) in [6, 6.07) is 4.66. The first kappa shape index (κ1) is 27.1. The SMILES string of the molecule is C[C@@H]1[C@@H]([Si](C)(C)F)[C@H](CCO)O[C@@]12C(=O)N(C)c1ccc(NC(=O)[C@H]3O[C@@H](O)[C@H](O)[C@@H](O)[C@@H]3O)cc12. The number of aliphatic hydroxyl groups excluding tert-OH is 5. The van der Waals surface area contributed by atoms with Crippen LogP contribution >= 0.6 is 0 Å². The van der Waals surface area contributed by atoms with Crippen molar-refractivity contribution in [3.63, 3.8) is 0 Å². The summed E-state index contributed by atoms with van der Waals surface area (Å²) < 4.78 is 26.7. The number of carbonyl (C=O) groups is 2. The van der Waals surface area contributed by atoms with Gasteiger partial charge in [0.25, 0.3) is 11.8 Å². The molecular weight excluding hydrogens is 495 g/mol. The van der Waals surface area contributed by atoms with Crippen molar-refractivity contribution in [3.05, 3.63) is 23.8 Å². The van der Waals surface area contributed by atoms with Gasteiger partial charge in [0.1, 0.15) is 18.3 Å². The Hall–Kier alpha value is -1.97. The molecule has 6 N–H and O–H groups in total. The number of amides is 2. The molecule has 0 radical (unpaired) electrons. The lowest BCUT2D eigenvalue weighted by molar-refractivity contribution is -0.274. The standard InChI is InChI=1S/C23H33FN2O9Si/c1-10-19(36(3,4)24)14(7-8-27)35-23(10)12-9-11(5-6-13(12)26(2)22(23)33)25-20(31)18-16(29)15(28)17(30)21(32)34-18/h5-6,9-10,14-19,21,27-30,32H,7-8H2,1-4H3,(H,25,31)/t10-,14+,15+,16+,17-,18+,19-,21-,23+/m1/s1. The number of nitrogens with one attached hydrogen (secondary N) is 1. The van der Waals surface area contributed by atoms with Crippen molar-refractivity contribution < 1.29 is 48.7 Å². The second kappa shape index (κ2) is 9.40. The molecule has 4 rings (SSSR count). The van der Waals surface area contributed by atoms with Gasteiger partial charge in [0.2, 0.25) is 8.41 Å². The summed E-state index contributed by atoms with van der Waals surface area (Å²) >= 11 is 0. The van der Waals surface area contributed by atoms with Gasteiger partial charge in [0, 0.05) is 36.4 Å². The van der Waals surface area contributed by atoms with E-state index < -0.39 is 68.2 Å². The molecule has 0 unspecified atom stereocenters. The van der Waals surface area contributed by atoms with E-state index in [2.05, 4.69) is 5.32 Å². The number of nitrogens with zero attached hydrogens (tertiary/aromatic N) is 1. The van der Waals surface area contributed by atoms with Crippen LogP contribution in [0.4, 0.5) is 15.5 Å². The lowest BCUT2D eigenvalue weighted by Crippen LogP contribution is -2.60. The quantitative estimate of drug-likeness (QED) is 0.219. The van der Waals surface area contributed by atoms with E-state index >= 15 is 4.11 Å². The average Bonchev–Trinajstić information content (AvgIpc) is 3.21. The van der Waals surface area contributed by atoms with Gasteiger partial charge in [0.15, 0.2) is 18.0 Å². The fourth-order valence-corrected chi connectivity index (χ4v) is 8.46. The van der Waals surface area contributed by atoms with Crippen molar-refractivity contribution in [3.8, 4) is 0 Å². The molecule has 1 spiro atoms. The topological polar surface area (TPSA) is 169 Å². The van der Waals surface area contributed by atoms with Crippen LogP contribution in [0.1, 0.15) is 18.9 Å². The number of fused-ring (bicyclic) bond motifs is 2. The summed E-state index contributed by atoms with van der Waals surface area (Å²) in [5, 5.41) is 51.5. The number of rotatable bonds is 5. The molecule has 0 aliphatic carbocycles. The number of hydrogen-bond donors (Lipinski definition) is 6. The molecule has 2 amide bonds. The largest absolute Gasteiger partial charge is 0.396 e. The number of ether oxygens (including phenoxy) is 2. The minimum atomic E-state index is -3.33. The van der Waals surface area contributed by atoms with Crippen molar-refractivity contribution in [2.24, 2.45) is 5.92 Å². The van der Waals surface area contributed by atoms with Crippen molar-refractivity contribution in [1.82, 2.24) is 0 Å². The highest BCUT2D eigenvalue weighted by molar-refractivity contribution is 6.72. The smallest absolute Gasteiger partial charge is 0.264 e. The number of likely N-dealkylation sites (N-methyl/N-ethyl adjacent to an activating group) is 1. The Morgan fingerprint density at radius 2 is 1.86 bits per heavy atom. The molecule has 1 aromatic carbocycles. The Balaban J connectivity index is 1.68. The molecule has 200 valence electrons. The second-order valence-corrected chi connectivity index (χ2v) is 14.1. The molecule has 3 aliphatic heterocycles. The molecular formula is C23H33FN2O9Si. The third-order valence-corrected chi connectivity index (χ3v) is 10.1. The van der Waals surface area contributed by atoms with Crippen LogP contribution in [-0.2, 0) is 24.7 Å². The van der Waals surface area contributed by atoms with E-state index in [1.165, 1.54) is 17.0 Å². The van der Waals surface area contributed by atoms with Gasteiger partial charge in [-0.25, -0.2) is 0 Å². The van der Waals surface area contributed by atoms with Crippen LogP contribution in [0, 0.1) is 5.92 Å². The molecule has 2 saturated heterocycles. The van der Waals surface area contributed by atoms with Crippen LogP contribution < -0.4 is 10.2 Å². The third kappa shape index (κ3) is 4.07. The van der Waals surface area contributed by atoms with Gasteiger partial charge in [-0.3, -0.25) is 9.59 Å². The highest BCUT2D eigenvalue weighted by Crippen LogP contribution is 2.60. The Bertz CT molecular complexity index is 1040. The van der Waals surface area contributed by atoms with E-state index in [4.69, 9.17) is 9.47 Å². The van der Waals surface area contributed by atoms with Gasteiger partial charge >= 0.3 is 0 Å². The normalized spacial score (nSPS) is 38.5. The second-order valence-electron chi connectivity index (χ2n) is 10.3. The number of aliphatic hydroxyl groups is 5. The summed E-state index contributed by atoms with van der Waals surface area (Å²) in [6.45, 7) is 4.65. The summed E-state index contributed by atoms with van der Waals surface area (Å²) in [5.41, 5.74) is -0.907. The van der Waals surface area contributed by atoms with E-state index in [0.29, 0.717) is 11.3 Å². The summed E-state index contributed by atoms with van der Waals surface area (Å²) in [7, 11) is -1.75. The van der Waals surface area contributed by atoms with Crippen LogP contribution in [-0.4, -0.2) is 96.2 Å².